The van der Waals surface area contributed by atoms with E-state index in [0.717, 1.165) is 24.1 Å². The maximum atomic E-state index is 6.30. The van der Waals surface area contributed by atoms with Crippen LogP contribution >= 0.6 is 11.6 Å². The molecule has 2 fully saturated rings. The Hall–Kier alpha value is -0.705. The number of hydrogen-bond donors (Lipinski definition) is 0. The zero-order chi connectivity index (χ0) is 14.5. The monoisotopic (exact) mass is 294 g/mol. The van der Waals surface area contributed by atoms with Gasteiger partial charge >= 0.3 is 7.12 Å². The molecule has 1 aliphatic carbocycles. The quantitative estimate of drug-likeness (QED) is 0.801. The molecule has 0 amide bonds. The van der Waals surface area contributed by atoms with Crippen LogP contribution in [0.25, 0.3) is 0 Å². The molecular weight excluding hydrogens is 274 g/mol. The molecule has 3 nitrogen and oxygen atoms in total. The van der Waals surface area contributed by atoms with Gasteiger partial charge in [-0.25, -0.2) is 0 Å². The molecule has 1 aromatic rings. The van der Waals surface area contributed by atoms with E-state index in [4.69, 9.17) is 25.6 Å². The maximum absolute atomic E-state index is 6.30. The first kappa shape index (κ1) is 14.2. The predicted octanol–water partition coefficient (Wildman–Crippen LogP) is 3.18. The Balaban J connectivity index is 1.86. The van der Waals surface area contributed by atoms with Crippen LogP contribution in [0.3, 0.4) is 0 Å². The molecule has 0 spiro atoms. The largest absolute Gasteiger partial charge is 0.496 e. The minimum absolute atomic E-state index is 0.363. The minimum atomic E-state index is -0.449. The Labute approximate surface area is 125 Å². The highest BCUT2D eigenvalue weighted by Gasteiger charge is 2.52. The molecule has 5 heteroatoms. The Bertz CT molecular complexity index is 510. The summed E-state index contributed by atoms with van der Waals surface area (Å²) in [6.07, 6.45) is 2.63. The van der Waals surface area contributed by atoms with Crippen molar-refractivity contribution in [2.24, 2.45) is 0 Å². The van der Waals surface area contributed by atoms with Gasteiger partial charge in [0.2, 0.25) is 0 Å². The second kappa shape index (κ2) is 4.65. The molecule has 108 valence electrons. The Morgan fingerprint density at radius 1 is 1.15 bits per heavy atom. The van der Waals surface area contributed by atoms with Gasteiger partial charge in [-0.2, -0.15) is 0 Å². The Morgan fingerprint density at radius 3 is 2.30 bits per heavy atom. The van der Waals surface area contributed by atoms with E-state index >= 15 is 0 Å². The number of rotatable bonds is 3. The molecule has 20 heavy (non-hydrogen) atoms. The molecule has 0 N–H and O–H groups in total. The highest BCUT2D eigenvalue weighted by Crippen LogP contribution is 2.37. The minimum Gasteiger partial charge on any atom is -0.490 e. The first-order chi connectivity index (χ1) is 9.28. The van der Waals surface area contributed by atoms with Crippen LogP contribution in [0.5, 0.6) is 5.75 Å². The van der Waals surface area contributed by atoms with Crippen LogP contribution in [0, 0.1) is 0 Å². The van der Waals surface area contributed by atoms with E-state index in [1.807, 2.05) is 45.9 Å². The van der Waals surface area contributed by atoms with Gasteiger partial charge < -0.3 is 14.0 Å². The van der Waals surface area contributed by atoms with Crippen LogP contribution in [0.4, 0.5) is 0 Å². The summed E-state index contributed by atoms with van der Waals surface area (Å²) in [7, 11) is -0.449. The number of hydrogen-bond acceptors (Lipinski definition) is 3. The van der Waals surface area contributed by atoms with Crippen LogP contribution in [0.15, 0.2) is 18.2 Å². The van der Waals surface area contributed by atoms with Crippen LogP contribution in [-0.2, 0) is 9.31 Å². The average molecular weight is 295 g/mol. The molecule has 0 unspecified atom stereocenters. The molecule has 1 aromatic carbocycles. The van der Waals surface area contributed by atoms with E-state index in [1.54, 1.807) is 0 Å². The number of halogens is 1. The van der Waals surface area contributed by atoms with Crippen molar-refractivity contribution in [1.29, 1.82) is 0 Å². The molecule has 1 aliphatic heterocycles. The van der Waals surface area contributed by atoms with Gasteiger partial charge in [-0.05, 0) is 58.7 Å². The molecular formula is C15H20BClO3. The van der Waals surface area contributed by atoms with Crippen LogP contribution < -0.4 is 10.2 Å². The van der Waals surface area contributed by atoms with Crippen LogP contribution in [0.1, 0.15) is 40.5 Å². The topological polar surface area (TPSA) is 27.7 Å². The first-order valence-corrected chi connectivity index (χ1v) is 7.48. The summed E-state index contributed by atoms with van der Waals surface area (Å²) < 4.78 is 17.9. The first-order valence-electron chi connectivity index (χ1n) is 7.10. The summed E-state index contributed by atoms with van der Waals surface area (Å²) in [5.74, 6) is 0.835. The Kier molecular flexibility index (Phi) is 3.31. The lowest BCUT2D eigenvalue weighted by atomic mass is 9.79. The third kappa shape index (κ3) is 2.57. The van der Waals surface area contributed by atoms with Gasteiger partial charge in [-0.15, -0.1) is 0 Å². The summed E-state index contributed by atoms with van der Waals surface area (Å²) in [6, 6.07) is 5.68. The summed E-state index contributed by atoms with van der Waals surface area (Å²) in [5.41, 5.74) is 0.103. The standard InChI is InChI=1S/C15H20BClO3/c1-14(2)15(3,4)20-16(19-14)12-9-11(7-8-13(12)17)18-10-5-6-10/h7-10H,5-6H2,1-4H3. The normalized spacial score (nSPS) is 23.9. The lowest BCUT2D eigenvalue weighted by Gasteiger charge is -2.32. The fourth-order valence-electron chi connectivity index (χ4n) is 2.12. The van der Waals surface area contributed by atoms with Crippen molar-refractivity contribution in [2.45, 2.75) is 57.8 Å². The zero-order valence-corrected chi connectivity index (χ0v) is 13.2. The van der Waals surface area contributed by atoms with E-state index in [-0.39, 0.29) is 11.2 Å². The molecule has 0 radical (unpaired) electrons. The van der Waals surface area contributed by atoms with Crippen molar-refractivity contribution in [2.75, 3.05) is 0 Å². The van der Waals surface area contributed by atoms with Gasteiger partial charge in [0.15, 0.2) is 0 Å². The van der Waals surface area contributed by atoms with E-state index < -0.39 is 7.12 Å². The maximum Gasteiger partial charge on any atom is 0.496 e. The molecule has 3 rings (SSSR count). The van der Waals surface area contributed by atoms with Crippen molar-refractivity contribution in [3.8, 4) is 5.75 Å². The van der Waals surface area contributed by atoms with Gasteiger partial charge in [0.05, 0.1) is 17.3 Å². The molecule has 1 saturated carbocycles. The molecule has 2 aliphatic rings. The molecule has 0 bridgehead atoms. The van der Waals surface area contributed by atoms with Crippen molar-refractivity contribution < 1.29 is 14.0 Å². The lowest BCUT2D eigenvalue weighted by molar-refractivity contribution is 0.00578. The summed E-state index contributed by atoms with van der Waals surface area (Å²) in [4.78, 5) is 0. The third-order valence-electron chi connectivity index (χ3n) is 4.30. The van der Waals surface area contributed by atoms with Crippen molar-refractivity contribution in [3.05, 3.63) is 23.2 Å². The van der Waals surface area contributed by atoms with Crippen molar-refractivity contribution >= 4 is 24.2 Å². The van der Waals surface area contributed by atoms with Crippen molar-refractivity contribution in [3.63, 3.8) is 0 Å². The van der Waals surface area contributed by atoms with E-state index in [0.29, 0.717) is 11.1 Å². The van der Waals surface area contributed by atoms with Crippen LogP contribution in [0.2, 0.25) is 5.02 Å². The molecule has 0 aromatic heterocycles. The summed E-state index contributed by atoms with van der Waals surface area (Å²) in [6.45, 7) is 8.13. The predicted molar refractivity (Wildman–Crippen MR) is 80.8 cm³/mol. The van der Waals surface area contributed by atoms with Gasteiger partial charge in [-0.3, -0.25) is 0 Å². The van der Waals surface area contributed by atoms with Crippen molar-refractivity contribution in [1.82, 2.24) is 0 Å². The molecule has 1 saturated heterocycles. The summed E-state index contributed by atoms with van der Waals surface area (Å²) in [5, 5.41) is 0.645. The fraction of sp³-hybridized carbons (Fsp3) is 0.600. The molecule has 1 heterocycles. The lowest BCUT2D eigenvalue weighted by Crippen LogP contribution is -2.41. The second-order valence-electron chi connectivity index (χ2n) is 6.59. The smallest absolute Gasteiger partial charge is 0.490 e. The van der Waals surface area contributed by atoms with Crippen LogP contribution in [-0.4, -0.2) is 24.4 Å². The Morgan fingerprint density at radius 2 is 1.75 bits per heavy atom. The summed E-state index contributed by atoms with van der Waals surface area (Å²) >= 11 is 6.30. The fourth-order valence-corrected chi connectivity index (χ4v) is 2.33. The van der Waals surface area contributed by atoms with Gasteiger partial charge in [-0.1, -0.05) is 11.6 Å². The van der Waals surface area contributed by atoms with Gasteiger partial charge in [0, 0.05) is 10.5 Å². The van der Waals surface area contributed by atoms with E-state index in [2.05, 4.69) is 0 Å². The SMILES string of the molecule is CC1(C)OB(c2cc(OC3CC3)ccc2Cl)OC1(C)C. The highest BCUT2D eigenvalue weighted by atomic mass is 35.5. The molecule has 0 atom stereocenters. The average Bonchev–Trinajstić information content (AvgIpc) is 3.10. The zero-order valence-electron chi connectivity index (χ0n) is 12.4. The number of benzene rings is 1. The van der Waals surface area contributed by atoms with E-state index in [9.17, 15) is 0 Å². The van der Waals surface area contributed by atoms with Gasteiger partial charge in [0.25, 0.3) is 0 Å². The highest BCUT2D eigenvalue weighted by molar-refractivity contribution is 6.65. The number of ether oxygens (including phenoxy) is 1. The third-order valence-corrected chi connectivity index (χ3v) is 4.65. The second-order valence-corrected chi connectivity index (χ2v) is 7.00. The van der Waals surface area contributed by atoms with Gasteiger partial charge in [0.1, 0.15) is 5.75 Å². The van der Waals surface area contributed by atoms with E-state index in [1.165, 1.54) is 0 Å².